The van der Waals surface area contributed by atoms with Crippen molar-refractivity contribution in [2.75, 3.05) is 7.11 Å². The molecule has 0 aliphatic heterocycles. The van der Waals surface area contributed by atoms with E-state index in [-0.39, 0.29) is 0 Å². The molecule has 0 radical (unpaired) electrons. The maximum atomic E-state index is 5.83. The number of H-pyrrole nitrogens is 1. The van der Waals surface area contributed by atoms with Gasteiger partial charge in [-0.25, -0.2) is 0 Å². The number of hydrogen-bond acceptors (Lipinski definition) is 4. The van der Waals surface area contributed by atoms with Gasteiger partial charge in [-0.3, -0.25) is 0 Å². The second-order valence-electron chi connectivity index (χ2n) is 5.03. The molecule has 2 heterocycles. The monoisotopic (exact) mass is 369 g/mol. The van der Waals surface area contributed by atoms with Crippen molar-refractivity contribution in [3.8, 4) is 28.8 Å². The van der Waals surface area contributed by atoms with E-state index >= 15 is 0 Å². The van der Waals surface area contributed by atoms with Crippen molar-refractivity contribution in [1.82, 2.24) is 15.2 Å². The highest BCUT2D eigenvalue weighted by Gasteiger charge is 2.16. The Morgan fingerprint density at radius 2 is 1.87 bits per heavy atom. The van der Waals surface area contributed by atoms with E-state index in [1.807, 2.05) is 48.5 Å². The standard InChI is InChI=1S/C17H12BrN3O2/c1-22-15-7-6-11(18)9-12(15)16-20-21-17(23-16)14-8-10-4-2-3-5-13(10)19-14/h2-9,19H,1H3. The summed E-state index contributed by atoms with van der Waals surface area (Å²) in [6, 6.07) is 15.6. The molecule has 6 heteroatoms. The van der Waals surface area contributed by atoms with E-state index in [4.69, 9.17) is 9.15 Å². The number of aromatic nitrogens is 3. The molecule has 114 valence electrons. The van der Waals surface area contributed by atoms with Gasteiger partial charge in [-0.2, -0.15) is 0 Å². The maximum absolute atomic E-state index is 5.83. The Morgan fingerprint density at radius 3 is 2.70 bits per heavy atom. The summed E-state index contributed by atoms with van der Waals surface area (Å²) in [5.74, 6) is 1.54. The molecular weight excluding hydrogens is 358 g/mol. The van der Waals surface area contributed by atoms with E-state index in [0.29, 0.717) is 17.5 Å². The van der Waals surface area contributed by atoms with Gasteiger partial charge < -0.3 is 14.1 Å². The summed E-state index contributed by atoms with van der Waals surface area (Å²) >= 11 is 3.45. The number of benzene rings is 2. The Hall–Kier alpha value is -2.60. The molecule has 2 aromatic carbocycles. The van der Waals surface area contributed by atoms with E-state index < -0.39 is 0 Å². The van der Waals surface area contributed by atoms with Crippen molar-refractivity contribution >= 4 is 26.8 Å². The third kappa shape index (κ3) is 2.51. The van der Waals surface area contributed by atoms with Crippen LogP contribution in [0.2, 0.25) is 0 Å². The number of halogens is 1. The van der Waals surface area contributed by atoms with Crippen LogP contribution in [0.3, 0.4) is 0 Å². The quantitative estimate of drug-likeness (QED) is 0.570. The molecule has 0 unspecified atom stereocenters. The fourth-order valence-electron chi connectivity index (χ4n) is 2.48. The van der Waals surface area contributed by atoms with Crippen molar-refractivity contribution < 1.29 is 9.15 Å². The molecule has 0 aliphatic carbocycles. The number of para-hydroxylation sites is 1. The third-order valence-corrected chi connectivity index (χ3v) is 4.07. The van der Waals surface area contributed by atoms with E-state index in [0.717, 1.165) is 26.6 Å². The molecule has 0 saturated heterocycles. The lowest BCUT2D eigenvalue weighted by atomic mass is 10.2. The van der Waals surface area contributed by atoms with Crippen molar-refractivity contribution in [2.45, 2.75) is 0 Å². The minimum Gasteiger partial charge on any atom is -0.496 e. The predicted octanol–water partition coefficient (Wildman–Crippen LogP) is 4.66. The molecule has 2 aromatic heterocycles. The Bertz CT molecular complexity index is 957. The second kappa shape index (κ2) is 5.55. The molecule has 0 amide bonds. The number of aromatic amines is 1. The summed E-state index contributed by atoms with van der Waals surface area (Å²) < 4.78 is 12.1. The molecule has 0 saturated carbocycles. The van der Waals surface area contributed by atoms with Crippen LogP contribution in [0.5, 0.6) is 5.75 Å². The number of rotatable bonds is 3. The number of methoxy groups -OCH3 is 1. The van der Waals surface area contributed by atoms with Crippen LogP contribution in [0, 0.1) is 0 Å². The summed E-state index contributed by atoms with van der Waals surface area (Å²) in [6.07, 6.45) is 0. The zero-order valence-corrected chi connectivity index (χ0v) is 13.8. The van der Waals surface area contributed by atoms with Crippen LogP contribution >= 0.6 is 15.9 Å². The van der Waals surface area contributed by atoms with Gasteiger partial charge >= 0.3 is 0 Å². The summed E-state index contributed by atoms with van der Waals surface area (Å²) in [4.78, 5) is 3.28. The normalized spacial score (nSPS) is 11.0. The zero-order chi connectivity index (χ0) is 15.8. The Kier molecular flexibility index (Phi) is 3.38. The van der Waals surface area contributed by atoms with Crippen LogP contribution in [0.4, 0.5) is 0 Å². The lowest BCUT2D eigenvalue weighted by molar-refractivity contribution is 0.414. The molecule has 4 aromatic rings. The Labute approximate surface area is 140 Å². The second-order valence-corrected chi connectivity index (χ2v) is 5.94. The van der Waals surface area contributed by atoms with Gasteiger partial charge in [0.05, 0.1) is 12.7 Å². The van der Waals surface area contributed by atoms with E-state index in [9.17, 15) is 0 Å². The molecule has 23 heavy (non-hydrogen) atoms. The molecule has 0 atom stereocenters. The number of hydrogen-bond donors (Lipinski definition) is 1. The Morgan fingerprint density at radius 1 is 1.04 bits per heavy atom. The van der Waals surface area contributed by atoms with Crippen LogP contribution < -0.4 is 4.74 Å². The SMILES string of the molecule is COc1ccc(Br)cc1-c1nnc(-c2cc3ccccc3[nH]2)o1. The third-order valence-electron chi connectivity index (χ3n) is 3.58. The minimum absolute atomic E-state index is 0.414. The van der Waals surface area contributed by atoms with Gasteiger partial charge in [0.2, 0.25) is 0 Å². The van der Waals surface area contributed by atoms with Crippen LogP contribution in [-0.2, 0) is 0 Å². The van der Waals surface area contributed by atoms with Gasteiger partial charge in [0, 0.05) is 15.4 Å². The van der Waals surface area contributed by atoms with E-state index in [1.165, 1.54) is 0 Å². The van der Waals surface area contributed by atoms with Crippen molar-refractivity contribution in [3.63, 3.8) is 0 Å². The summed E-state index contributed by atoms with van der Waals surface area (Å²) in [5.41, 5.74) is 2.57. The van der Waals surface area contributed by atoms with Gasteiger partial charge in [-0.05, 0) is 30.3 Å². The molecule has 5 nitrogen and oxygen atoms in total. The highest BCUT2D eigenvalue weighted by molar-refractivity contribution is 9.10. The summed E-state index contributed by atoms with van der Waals surface area (Å²) in [6.45, 7) is 0. The number of ether oxygens (including phenoxy) is 1. The molecule has 0 spiro atoms. The molecule has 4 rings (SSSR count). The smallest absolute Gasteiger partial charge is 0.264 e. The number of nitrogens with zero attached hydrogens (tertiary/aromatic N) is 2. The molecule has 0 aliphatic rings. The van der Waals surface area contributed by atoms with Crippen LogP contribution in [-0.4, -0.2) is 22.3 Å². The summed E-state index contributed by atoms with van der Waals surface area (Å²) in [7, 11) is 1.61. The van der Waals surface area contributed by atoms with Crippen molar-refractivity contribution in [2.24, 2.45) is 0 Å². The topological polar surface area (TPSA) is 63.9 Å². The highest BCUT2D eigenvalue weighted by atomic mass is 79.9. The molecule has 0 bridgehead atoms. The average molecular weight is 370 g/mol. The molecule has 1 N–H and O–H groups in total. The number of fused-ring (bicyclic) bond motifs is 1. The number of nitrogens with one attached hydrogen (secondary N) is 1. The zero-order valence-electron chi connectivity index (χ0n) is 12.2. The first-order valence-corrected chi connectivity index (χ1v) is 7.79. The van der Waals surface area contributed by atoms with Crippen molar-refractivity contribution in [3.05, 3.63) is 53.0 Å². The largest absolute Gasteiger partial charge is 0.496 e. The van der Waals surface area contributed by atoms with Gasteiger partial charge in [0.15, 0.2) is 0 Å². The average Bonchev–Trinajstić information content (AvgIpc) is 3.21. The first kappa shape index (κ1) is 14.0. The maximum Gasteiger partial charge on any atom is 0.264 e. The van der Waals surface area contributed by atoms with E-state index in [2.05, 4.69) is 31.1 Å². The lowest BCUT2D eigenvalue weighted by Crippen LogP contribution is -1.88. The van der Waals surface area contributed by atoms with Gasteiger partial charge in [0.1, 0.15) is 11.4 Å². The first-order chi connectivity index (χ1) is 11.2. The minimum atomic E-state index is 0.414. The van der Waals surface area contributed by atoms with Gasteiger partial charge in [0.25, 0.3) is 11.8 Å². The van der Waals surface area contributed by atoms with Crippen molar-refractivity contribution in [1.29, 1.82) is 0 Å². The lowest BCUT2D eigenvalue weighted by Gasteiger charge is -2.04. The predicted molar refractivity (Wildman–Crippen MR) is 91.3 cm³/mol. The van der Waals surface area contributed by atoms with Crippen LogP contribution in [0.25, 0.3) is 33.9 Å². The van der Waals surface area contributed by atoms with E-state index in [1.54, 1.807) is 7.11 Å². The van der Waals surface area contributed by atoms with Gasteiger partial charge in [-0.15, -0.1) is 10.2 Å². The summed E-state index contributed by atoms with van der Waals surface area (Å²) in [5, 5.41) is 9.39. The Balaban J connectivity index is 1.78. The van der Waals surface area contributed by atoms with Gasteiger partial charge in [-0.1, -0.05) is 34.1 Å². The van der Waals surface area contributed by atoms with Crippen LogP contribution in [0.15, 0.2) is 57.4 Å². The van der Waals surface area contributed by atoms with Crippen LogP contribution in [0.1, 0.15) is 0 Å². The first-order valence-electron chi connectivity index (χ1n) is 7.00. The fourth-order valence-corrected chi connectivity index (χ4v) is 2.84. The molecule has 0 fully saturated rings. The fraction of sp³-hybridized carbons (Fsp3) is 0.0588. The molecular formula is C17H12BrN3O2. The highest BCUT2D eigenvalue weighted by Crippen LogP contribution is 2.33.